The molecular formula is C7H10ClNO. The van der Waals surface area contributed by atoms with Crippen LogP contribution in [0.1, 0.15) is 0 Å². The molecule has 56 valence electrons. The van der Waals surface area contributed by atoms with Crippen LogP contribution in [0.3, 0.4) is 0 Å². The Hall–Kier alpha value is -0.730. The van der Waals surface area contributed by atoms with Crippen molar-refractivity contribution in [3.8, 4) is 5.75 Å². The van der Waals surface area contributed by atoms with Gasteiger partial charge < -0.3 is 4.84 Å². The van der Waals surface area contributed by atoms with Gasteiger partial charge in [-0.2, -0.15) is 5.48 Å². The summed E-state index contributed by atoms with van der Waals surface area (Å²) < 4.78 is 0. The third kappa shape index (κ3) is 2.71. The molecular weight excluding hydrogens is 150 g/mol. The van der Waals surface area contributed by atoms with Gasteiger partial charge in [0.25, 0.3) is 0 Å². The Balaban J connectivity index is 0.000000810. The molecule has 0 atom stereocenters. The third-order valence-electron chi connectivity index (χ3n) is 0.963. The molecule has 0 aliphatic rings. The van der Waals surface area contributed by atoms with Gasteiger partial charge in [-0.1, -0.05) is 18.2 Å². The quantitative estimate of drug-likeness (QED) is 0.663. The lowest BCUT2D eigenvalue weighted by atomic mass is 10.3. The van der Waals surface area contributed by atoms with Crippen molar-refractivity contribution in [2.24, 2.45) is 0 Å². The van der Waals surface area contributed by atoms with Crippen LogP contribution in [0.15, 0.2) is 30.3 Å². The Kier molecular flexibility index (Phi) is 4.72. The van der Waals surface area contributed by atoms with E-state index in [-0.39, 0.29) is 12.4 Å². The fourth-order valence-corrected chi connectivity index (χ4v) is 0.606. The Morgan fingerprint density at radius 1 is 1.20 bits per heavy atom. The van der Waals surface area contributed by atoms with Gasteiger partial charge in [-0.15, -0.1) is 12.4 Å². The predicted molar refractivity (Wildman–Crippen MR) is 43.4 cm³/mol. The van der Waals surface area contributed by atoms with Gasteiger partial charge in [0.1, 0.15) is 5.75 Å². The van der Waals surface area contributed by atoms with Crippen LogP contribution in [0.4, 0.5) is 0 Å². The molecule has 0 aliphatic heterocycles. The fourth-order valence-electron chi connectivity index (χ4n) is 0.606. The number of rotatable bonds is 2. The van der Waals surface area contributed by atoms with Crippen LogP contribution >= 0.6 is 12.4 Å². The van der Waals surface area contributed by atoms with Crippen LogP contribution in [0.2, 0.25) is 0 Å². The molecule has 1 N–H and O–H groups in total. The van der Waals surface area contributed by atoms with E-state index in [0.29, 0.717) is 0 Å². The first-order chi connectivity index (χ1) is 4.43. The van der Waals surface area contributed by atoms with E-state index in [9.17, 15) is 0 Å². The summed E-state index contributed by atoms with van der Waals surface area (Å²) in [5.74, 6) is 0.833. The average molecular weight is 160 g/mol. The molecule has 1 aromatic rings. The van der Waals surface area contributed by atoms with E-state index >= 15 is 0 Å². The predicted octanol–water partition coefficient (Wildman–Crippen LogP) is 1.62. The number of nitrogens with one attached hydrogen (secondary N) is 1. The number of halogens is 1. The normalized spacial score (nSPS) is 8.10. The zero-order chi connectivity index (χ0) is 6.53. The first-order valence-electron chi connectivity index (χ1n) is 2.82. The minimum absolute atomic E-state index is 0. The highest BCUT2D eigenvalue weighted by Crippen LogP contribution is 2.05. The second-order valence-electron chi connectivity index (χ2n) is 1.62. The molecule has 2 nitrogen and oxygen atoms in total. The topological polar surface area (TPSA) is 21.3 Å². The van der Waals surface area contributed by atoms with Crippen molar-refractivity contribution in [1.29, 1.82) is 0 Å². The van der Waals surface area contributed by atoms with E-state index in [1.54, 1.807) is 7.05 Å². The first-order valence-corrected chi connectivity index (χ1v) is 2.82. The molecule has 0 fully saturated rings. The molecule has 0 heterocycles. The van der Waals surface area contributed by atoms with E-state index in [1.807, 2.05) is 30.3 Å². The molecule has 1 rings (SSSR count). The number of hydrogen-bond donors (Lipinski definition) is 1. The molecule has 10 heavy (non-hydrogen) atoms. The second kappa shape index (κ2) is 5.09. The highest BCUT2D eigenvalue weighted by atomic mass is 35.5. The number of hydroxylamine groups is 1. The summed E-state index contributed by atoms with van der Waals surface area (Å²) in [6, 6.07) is 9.56. The monoisotopic (exact) mass is 159 g/mol. The van der Waals surface area contributed by atoms with Gasteiger partial charge in [0, 0.05) is 7.05 Å². The first kappa shape index (κ1) is 9.27. The van der Waals surface area contributed by atoms with Crippen LogP contribution < -0.4 is 10.3 Å². The highest BCUT2D eigenvalue weighted by molar-refractivity contribution is 5.85. The van der Waals surface area contributed by atoms with Gasteiger partial charge >= 0.3 is 0 Å². The standard InChI is InChI=1S/C7H9NO.ClH/c1-8-9-7-5-3-2-4-6-7;/h2-6,8H,1H3;1H. The lowest BCUT2D eigenvalue weighted by Crippen LogP contribution is -2.10. The fraction of sp³-hybridized carbons (Fsp3) is 0.143. The maximum Gasteiger partial charge on any atom is 0.147 e. The maximum absolute atomic E-state index is 4.96. The SMILES string of the molecule is CNOc1ccccc1.Cl. The molecule has 0 spiro atoms. The largest absolute Gasteiger partial charge is 0.409 e. The third-order valence-corrected chi connectivity index (χ3v) is 0.963. The number of hydrogen-bond acceptors (Lipinski definition) is 2. The Bertz CT molecular complexity index is 167. The summed E-state index contributed by atoms with van der Waals surface area (Å²) in [4.78, 5) is 4.96. The van der Waals surface area contributed by atoms with Crippen molar-refractivity contribution in [1.82, 2.24) is 5.48 Å². The maximum atomic E-state index is 4.96. The molecule has 0 aromatic heterocycles. The summed E-state index contributed by atoms with van der Waals surface area (Å²) in [5.41, 5.74) is 2.58. The van der Waals surface area contributed by atoms with Crippen molar-refractivity contribution < 1.29 is 4.84 Å². The smallest absolute Gasteiger partial charge is 0.147 e. The van der Waals surface area contributed by atoms with Gasteiger partial charge in [0.05, 0.1) is 0 Å². The zero-order valence-electron chi connectivity index (χ0n) is 5.70. The number of benzene rings is 1. The van der Waals surface area contributed by atoms with E-state index in [2.05, 4.69) is 5.48 Å². The molecule has 0 radical (unpaired) electrons. The van der Waals surface area contributed by atoms with Crippen molar-refractivity contribution in [2.75, 3.05) is 7.05 Å². The molecule has 0 saturated heterocycles. The summed E-state index contributed by atoms with van der Waals surface area (Å²) in [5, 5.41) is 0. The Morgan fingerprint density at radius 3 is 2.30 bits per heavy atom. The van der Waals surface area contributed by atoms with E-state index < -0.39 is 0 Å². The molecule has 0 aliphatic carbocycles. The van der Waals surface area contributed by atoms with E-state index in [4.69, 9.17) is 4.84 Å². The molecule has 0 bridgehead atoms. The summed E-state index contributed by atoms with van der Waals surface area (Å²) in [6.07, 6.45) is 0. The summed E-state index contributed by atoms with van der Waals surface area (Å²) >= 11 is 0. The van der Waals surface area contributed by atoms with Crippen LogP contribution in [0.5, 0.6) is 5.75 Å². The Labute approximate surface area is 66.6 Å². The molecule has 0 unspecified atom stereocenters. The highest BCUT2D eigenvalue weighted by Gasteiger charge is 1.84. The molecule has 1 aromatic carbocycles. The summed E-state index contributed by atoms with van der Waals surface area (Å²) in [7, 11) is 1.73. The van der Waals surface area contributed by atoms with Crippen molar-refractivity contribution in [3.63, 3.8) is 0 Å². The molecule has 3 heteroatoms. The van der Waals surface area contributed by atoms with Crippen LogP contribution in [-0.2, 0) is 0 Å². The van der Waals surface area contributed by atoms with Gasteiger partial charge in [-0.05, 0) is 12.1 Å². The van der Waals surface area contributed by atoms with Crippen LogP contribution in [-0.4, -0.2) is 7.05 Å². The average Bonchev–Trinajstić information content (AvgIpc) is 1.91. The minimum Gasteiger partial charge on any atom is -0.409 e. The van der Waals surface area contributed by atoms with Crippen molar-refractivity contribution in [2.45, 2.75) is 0 Å². The number of para-hydroxylation sites is 1. The Morgan fingerprint density at radius 2 is 1.80 bits per heavy atom. The van der Waals surface area contributed by atoms with Crippen molar-refractivity contribution >= 4 is 12.4 Å². The van der Waals surface area contributed by atoms with Gasteiger partial charge in [-0.3, -0.25) is 0 Å². The minimum atomic E-state index is 0. The van der Waals surface area contributed by atoms with Gasteiger partial charge in [0.2, 0.25) is 0 Å². The zero-order valence-corrected chi connectivity index (χ0v) is 6.52. The van der Waals surface area contributed by atoms with Gasteiger partial charge in [-0.25, -0.2) is 0 Å². The van der Waals surface area contributed by atoms with Crippen molar-refractivity contribution in [3.05, 3.63) is 30.3 Å². The molecule has 0 saturated carbocycles. The lowest BCUT2D eigenvalue weighted by Gasteiger charge is -1.99. The molecule has 0 amide bonds. The van der Waals surface area contributed by atoms with Crippen LogP contribution in [0.25, 0.3) is 0 Å². The van der Waals surface area contributed by atoms with E-state index in [0.717, 1.165) is 5.75 Å². The lowest BCUT2D eigenvalue weighted by molar-refractivity contribution is 0.224. The van der Waals surface area contributed by atoms with Gasteiger partial charge in [0.15, 0.2) is 0 Å². The van der Waals surface area contributed by atoms with E-state index in [1.165, 1.54) is 0 Å². The summed E-state index contributed by atoms with van der Waals surface area (Å²) in [6.45, 7) is 0. The second-order valence-corrected chi connectivity index (χ2v) is 1.62. The van der Waals surface area contributed by atoms with Crippen LogP contribution in [0, 0.1) is 0 Å².